The molecule has 1 saturated heterocycles. The molecule has 30 heavy (non-hydrogen) atoms. The number of aliphatic hydroxyl groups is 1. The molecule has 0 spiro atoms. The second-order valence-corrected chi connectivity index (χ2v) is 10.0. The second kappa shape index (κ2) is 8.64. The van der Waals surface area contributed by atoms with Crippen LogP contribution in [0.15, 0.2) is 23.1 Å². The van der Waals surface area contributed by atoms with Crippen LogP contribution in [-0.2, 0) is 27.8 Å². The van der Waals surface area contributed by atoms with E-state index in [2.05, 4.69) is 4.98 Å². The van der Waals surface area contributed by atoms with Crippen molar-refractivity contribution in [3.63, 3.8) is 0 Å². The monoisotopic (exact) mass is 436 g/mol. The summed E-state index contributed by atoms with van der Waals surface area (Å²) in [7, 11) is -3.55. The summed E-state index contributed by atoms with van der Waals surface area (Å²) >= 11 is 0. The molecular weight excluding hydrogens is 404 g/mol. The third-order valence-corrected chi connectivity index (χ3v) is 7.87. The Labute approximate surface area is 178 Å². The fraction of sp³-hybridized carbons (Fsp3) is 0.619. The van der Waals surface area contributed by atoms with E-state index in [1.165, 1.54) is 4.31 Å². The normalized spacial score (nSPS) is 19.9. The molecule has 1 unspecified atom stereocenters. The second-order valence-electron chi connectivity index (χ2n) is 8.07. The molecule has 3 rings (SSSR count). The van der Waals surface area contributed by atoms with E-state index in [0.717, 1.165) is 11.3 Å². The van der Waals surface area contributed by atoms with E-state index in [1.54, 1.807) is 30.0 Å². The number of sulfonamides is 1. The van der Waals surface area contributed by atoms with Gasteiger partial charge in [0.2, 0.25) is 15.9 Å². The first kappa shape index (κ1) is 22.7. The number of rotatable bonds is 8. The first-order chi connectivity index (χ1) is 14.1. The van der Waals surface area contributed by atoms with Gasteiger partial charge >= 0.3 is 0 Å². The van der Waals surface area contributed by atoms with Crippen molar-refractivity contribution in [2.24, 2.45) is 0 Å². The lowest BCUT2D eigenvalue weighted by Crippen LogP contribution is -2.34. The van der Waals surface area contributed by atoms with Crippen LogP contribution in [0.1, 0.15) is 46.4 Å². The van der Waals surface area contributed by atoms with Gasteiger partial charge in [-0.05, 0) is 38.5 Å². The molecule has 1 atom stereocenters. The number of β-amino-alcohol motifs (C(OH)–C–C–N with tert-alkyl or cyclic N) is 1. The highest BCUT2D eigenvalue weighted by molar-refractivity contribution is 7.89. The molecule has 8 nitrogen and oxygen atoms in total. The van der Waals surface area contributed by atoms with Crippen molar-refractivity contribution in [1.29, 1.82) is 0 Å². The van der Waals surface area contributed by atoms with Crippen molar-refractivity contribution < 1.29 is 18.3 Å². The van der Waals surface area contributed by atoms with Crippen LogP contribution in [0.4, 0.5) is 0 Å². The minimum Gasteiger partial charge on any atom is -0.388 e. The van der Waals surface area contributed by atoms with E-state index in [-0.39, 0.29) is 10.8 Å². The molecule has 2 aromatic rings. The average Bonchev–Trinajstić information content (AvgIpc) is 3.25. The quantitative estimate of drug-likeness (QED) is 0.683. The highest BCUT2D eigenvalue weighted by atomic mass is 32.2. The fourth-order valence-electron chi connectivity index (χ4n) is 4.11. The van der Waals surface area contributed by atoms with E-state index in [9.17, 15) is 18.3 Å². The summed E-state index contributed by atoms with van der Waals surface area (Å²) < 4.78 is 29.1. The number of hydrogen-bond acceptors (Lipinski definition) is 5. The summed E-state index contributed by atoms with van der Waals surface area (Å²) in [6, 6.07) is 5.05. The van der Waals surface area contributed by atoms with E-state index >= 15 is 0 Å². The number of hydrogen-bond donors (Lipinski definition) is 1. The molecule has 0 radical (unpaired) electrons. The molecule has 1 amide bonds. The Morgan fingerprint density at radius 1 is 1.27 bits per heavy atom. The van der Waals surface area contributed by atoms with Crippen LogP contribution < -0.4 is 0 Å². The summed E-state index contributed by atoms with van der Waals surface area (Å²) in [6.45, 7) is 9.84. The summed E-state index contributed by atoms with van der Waals surface area (Å²) in [5.74, 6) is 0.775. The standard InChI is InChI=1S/C21H32N4O4S/c1-5-24(6-2)30(28,29)16-8-9-18-17(14-16)22-19(25(18)7-3)10-11-20(26)23-13-12-21(4,27)15-23/h8-9,14,27H,5-7,10-13,15H2,1-4H3. The lowest BCUT2D eigenvalue weighted by atomic mass is 10.1. The van der Waals surface area contributed by atoms with Crippen LogP contribution >= 0.6 is 0 Å². The Balaban J connectivity index is 1.83. The number of fused-ring (bicyclic) bond motifs is 1. The summed E-state index contributed by atoms with van der Waals surface area (Å²) in [5.41, 5.74) is 0.679. The summed E-state index contributed by atoms with van der Waals surface area (Å²) in [5, 5.41) is 10.1. The maximum absolute atomic E-state index is 12.8. The number of aryl methyl sites for hydroxylation is 2. The van der Waals surface area contributed by atoms with Gasteiger partial charge in [0.25, 0.3) is 0 Å². The van der Waals surface area contributed by atoms with Gasteiger partial charge in [0.05, 0.1) is 21.5 Å². The van der Waals surface area contributed by atoms with Gasteiger partial charge in [-0.1, -0.05) is 13.8 Å². The van der Waals surface area contributed by atoms with Crippen molar-refractivity contribution in [2.45, 2.75) is 64.0 Å². The Morgan fingerprint density at radius 2 is 1.97 bits per heavy atom. The maximum atomic E-state index is 12.8. The maximum Gasteiger partial charge on any atom is 0.243 e. The van der Waals surface area contributed by atoms with Crippen LogP contribution in [0.5, 0.6) is 0 Å². The summed E-state index contributed by atoms with van der Waals surface area (Å²) in [4.78, 5) is 19.1. The molecular formula is C21H32N4O4S. The van der Waals surface area contributed by atoms with Crippen molar-refractivity contribution in [3.05, 3.63) is 24.0 Å². The van der Waals surface area contributed by atoms with Crippen LogP contribution in [0, 0.1) is 0 Å². The minimum absolute atomic E-state index is 0.00674. The predicted octanol–water partition coefficient (Wildman–Crippen LogP) is 2.00. The fourth-order valence-corrected chi connectivity index (χ4v) is 5.59. The zero-order valence-electron chi connectivity index (χ0n) is 18.3. The predicted molar refractivity (Wildman–Crippen MR) is 116 cm³/mol. The Morgan fingerprint density at radius 3 is 2.53 bits per heavy atom. The van der Waals surface area contributed by atoms with Gasteiger partial charge < -0.3 is 14.6 Å². The molecule has 1 aliphatic heterocycles. The van der Waals surface area contributed by atoms with Gasteiger partial charge in [0, 0.05) is 45.6 Å². The van der Waals surface area contributed by atoms with E-state index in [1.807, 2.05) is 25.3 Å². The molecule has 0 aliphatic carbocycles. The lowest BCUT2D eigenvalue weighted by molar-refractivity contribution is -0.131. The topological polar surface area (TPSA) is 95.7 Å². The van der Waals surface area contributed by atoms with Crippen molar-refractivity contribution in [2.75, 3.05) is 26.2 Å². The van der Waals surface area contributed by atoms with Crippen molar-refractivity contribution in [3.8, 4) is 0 Å². The zero-order valence-corrected chi connectivity index (χ0v) is 19.1. The van der Waals surface area contributed by atoms with Gasteiger partial charge in [0.15, 0.2) is 0 Å². The van der Waals surface area contributed by atoms with E-state index in [0.29, 0.717) is 57.5 Å². The molecule has 1 fully saturated rings. The smallest absolute Gasteiger partial charge is 0.243 e. The minimum atomic E-state index is -3.55. The number of aromatic nitrogens is 2. The highest BCUT2D eigenvalue weighted by Gasteiger charge is 2.33. The average molecular weight is 437 g/mol. The largest absolute Gasteiger partial charge is 0.388 e. The zero-order chi connectivity index (χ0) is 22.1. The third-order valence-electron chi connectivity index (χ3n) is 5.83. The molecule has 166 valence electrons. The van der Waals surface area contributed by atoms with Crippen LogP contribution in [0.3, 0.4) is 0 Å². The number of carbonyl (C=O) groups is 1. The third kappa shape index (κ3) is 4.38. The van der Waals surface area contributed by atoms with Crippen molar-refractivity contribution >= 4 is 27.0 Å². The lowest BCUT2D eigenvalue weighted by Gasteiger charge is -2.19. The van der Waals surface area contributed by atoms with Crippen LogP contribution in [-0.4, -0.2) is 70.0 Å². The highest BCUT2D eigenvalue weighted by Crippen LogP contribution is 2.25. The van der Waals surface area contributed by atoms with Crippen LogP contribution in [0.25, 0.3) is 11.0 Å². The number of amides is 1. The number of carbonyl (C=O) groups excluding carboxylic acids is 1. The molecule has 0 bridgehead atoms. The van der Waals surface area contributed by atoms with Gasteiger partial charge in [-0.25, -0.2) is 13.4 Å². The van der Waals surface area contributed by atoms with Gasteiger partial charge in [0.1, 0.15) is 5.82 Å². The molecule has 2 heterocycles. The Bertz CT molecular complexity index is 1030. The Kier molecular flexibility index (Phi) is 6.54. The summed E-state index contributed by atoms with van der Waals surface area (Å²) in [6.07, 6.45) is 1.37. The van der Waals surface area contributed by atoms with Crippen LogP contribution in [0.2, 0.25) is 0 Å². The van der Waals surface area contributed by atoms with Gasteiger partial charge in [-0.3, -0.25) is 4.79 Å². The first-order valence-corrected chi connectivity index (χ1v) is 12.1. The van der Waals surface area contributed by atoms with Gasteiger partial charge in [-0.15, -0.1) is 0 Å². The molecule has 1 aromatic heterocycles. The molecule has 1 aromatic carbocycles. The molecule has 0 saturated carbocycles. The number of imidazole rings is 1. The first-order valence-electron chi connectivity index (χ1n) is 10.6. The van der Waals surface area contributed by atoms with E-state index in [4.69, 9.17) is 0 Å². The Hall–Kier alpha value is -1.97. The number of likely N-dealkylation sites (tertiary alicyclic amines) is 1. The number of benzene rings is 1. The molecule has 1 aliphatic rings. The SMILES string of the molecule is CCN(CC)S(=O)(=O)c1ccc2c(c1)nc(CCC(=O)N1CCC(C)(O)C1)n2CC. The van der Waals surface area contributed by atoms with Gasteiger partial charge in [-0.2, -0.15) is 4.31 Å². The van der Waals surface area contributed by atoms with E-state index < -0.39 is 15.6 Å². The molecule has 9 heteroatoms. The van der Waals surface area contributed by atoms with Crippen molar-refractivity contribution in [1.82, 2.24) is 18.8 Å². The number of nitrogens with zero attached hydrogens (tertiary/aromatic N) is 4. The molecule has 1 N–H and O–H groups in total.